The Balaban J connectivity index is 1.22. The minimum absolute atomic E-state index is 0.723. The van der Waals surface area contributed by atoms with Crippen molar-refractivity contribution in [3.05, 3.63) is 83.6 Å². The van der Waals surface area contributed by atoms with E-state index in [1.54, 1.807) is 0 Å². The molecule has 0 amide bonds. The van der Waals surface area contributed by atoms with Gasteiger partial charge in [-0.25, -0.2) is 4.98 Å². The molecule has 31 heavy (non-hydrogen) atoms. The summed E-state index contributed by atoms with van der Waals surface area (Å²) in [5, 5.41) is 0. The summed E-state index contributed by atoms with van der Waals surface area (Å²) in [4.78, 5) is 9.45. The van der Waals surface area contributed by atoms with Crippen LogP contribution in [0.5, 0.6) is 5.75 Å². The number of aryl methyl sites for hydroxylation is 2. The Hall–Kier alpha value is -2.69. The van der Waals surface area contributed by atoms with E-state index in [4.69, 9.17) is 4.74 Å². The number of hydrogen-bond donors (Lipinski definition) is 0. The first-order chi connectivity index (χ1) is 15.2. The molecule has 4 nitrogen and oxygen atoms in total. The average molecular weight is 415 g/mol. The van der Waals surface area contributed by atoms with Crippen molar-refractivity contribution in [3.8, 4) is 17.0 Å². The van der Waals surface area contributed by atoms with Gasteiger partial charge in [-0.1, -0.05) is 36.4 Å². The number of rotatable bonds is 8. The van der Waals surface area contributed by atoms with Gasteiger partial charge in [-0.3, -0.25) is 4.90 Å². The highest BCUT2D eigenvalue weighted by Crippen LogP contribution is 2.29. The first-order valence-electron chi connectivity index (χ1n) is 11.3. The van der Waals surface area contributed by atoms with Crippen LogP contribution in [-0.4, -0.2) is 60.7 Å². The Labute approximate surface area is 186 Å². The van der Waals surface area contributed by atoms with Crippen LogP contribution in [0.3, 0.4) is 0 Å². The number of pyridine rings is 1. The summed E-state index contributed by atoms with van der Waals surface area (Å²) in [7, 11) is 0. The monoisotopic (exact) mass is 414 g/mol. The highest BCUT2D eigenvalue weighted by Gasteiger charge is 2.16. The summed E-state index contributed by atoms with van der Waals surface area (Å²) in [5.74, 6) is 0.975. The molecule has 0 aliphatic carbocycles. The second-order valence-electron chi connectivity index (χ2n) is 8.35. The van der Waals surface area contributed by atoms with Crippen molar-refractivity contribution in [2.24, 2.45) is 0 Å². The van der Waals surface area contributed by atoms with E-state index < -0.39 is 0 Å². The first kappa shape index (κ1) is 21.5. The maximum Gasteiger partial charge on any atom is 0.122 e. The molecule has 0 spiro atoms. The molecule has 1 aromatic heterocycles. The zero-order valence-electron chi connectivity index (χ0n) is 18.7. The Morgan fingerprint density at radius 3 is 2.32 bits per heavy atom. The molecule has 161 valence electrons. The topological polar surface area (TPSA) is 28.6 Å². The lowest BCUT2D eigenvalue weighted by atomic mass is 10.0. The fourth-order valence-electron chi connectivity index (χ4n) is 4.15. The Bertz CT molecular complexity index is 951. The molecule has 3 aromatic rings. The van der Waals surface area contributed by atoms with Crippen LogP contribution >= 0.6 is 0 Å². The van der Waals surface area contributed by atoms with Crippen molar-refractivity contribution >= 4 is 0 Å². The minimum Gasteiger partial charge on any atom is -0.492 e. The fraction of sp³-hybridized carbons (Fsp3) is 0.370. The molecule has 1 aliphatic rings. The van der Waals surface area contributed by atoms with Crippen molar-refractivity contribution in [2.45, 2.75) is 20.3 Å². The number of benzene rings is 2. The van der Waals surface area contributed by atoms with E-state index in [0.29, 0.717) is 0 Å². The third kappa shape index (κ3) is 5.93. The number of ether oxygens (including phenoxy) is 1. The average Bonchev–Trinajstić information content (AvgIpc) is 2.82. The van der Waals surface area contributed by atoms with Gasteiger partial charge in [-0.15, -0.1) is 0 Å². The zero-order valence-corrected chi connectivity index (χ0v) is 18.7. The van der Waals surface area contributed by atoms with Gasteiger partial charge in [0.15, 0.2) is 0 Å². The normalized spacial score (nSPS) is 15.2. The van der Waals surface area contributed by atoms with Gasteiger partial charge in [0.25, 0.3) is 0 Å². The molecule has 4 heteroatoms. The Kier molecular flexibility index (Phi) is 7.34. The van der Waals surface area contributed by atoms with Gasteiger partial charge >= 0.3 is 0 Å². The SMILES string of the molecule is Cc1cc(-c2ccc[c]n2)c(C)cc1OCCN1CCN(CCc2ccccc2)CC1. The number of piperazine rings is 1. The lowest BCUT2D eigenvalue weighted by Gasteiger charge is -2.34. The molecule has 0 bridgehead atoms. The third-order valence-corrected chi connectivity index (χ3v) is 6.10. The largest absolute Gasteiger partial charge is 0.492 e. The summed E-state index contributed by atoms with van der Waals surface area (Å²) in [6.07, 6.45) is 4.05. The maximum atomic E-state index is 6.16. The molecule has 1 saturated heterocycles. The van der Waals surface area contributed by atoms with Gasteiger partial charge in [0.05, 0.1) is 11.9 Å². The van der Waals surface area contributed by atoms with E-state index in [2.05, 4.69) is 77.3 Å². The van der Waals surface area contributed by atoms with Crippen molar-refractivity contribution in [1.82, 2.24) is 14.8 Å². The second kappa shape index (κ2) is 10.6. The summed E-state index contributed by atoms with van der Waals surface area (Å²) >= 11 is 0. The maximum absolute atomic E-state index is 6.16. The first-order valence-corrected chi connectivity index (χ1v) is 11.3. The van der Waals surface area contributed by atoms with E-state index in [-0.39, 0.29) is 0 Å². The summed E-state index contributed by atoms with van der Waals surface area (Å²) in [5.41, 5.74) is 5.86. The molecular formula is C27H32N3O. The van der Waals surface area contributed by atoms with Crippen LogP contribution in [-0.2, 0) is 6.42 Å². The van der Waals surface area contributed by atoms with Crippen LogP contribution < -0.4 is 4.74 Å². The van der Waals surface area contributed by atoms with Gasteiger partial charge in [-0.05, 0) is 61.2 Å². The fourth-order valence-corrected chi connectivity index (χ4v) is 4.15. The molecule has 0 atom stereocenters. The Morgan fingerprint density at radius 2 is 1.61 bits per heavy atom. The van der Waals surface area contributed by atoms with Gasteiger partial charge in [0, 0.05) is 44.8 Å². The molecular weight excluding hydrogens is 382 g/mol. The van der Waals surface area contributed by atoms with Crippen LogP contribution in [0.1, 0.15) is 16.7 Å². The van der Waals surface area contributed by atoms with Crippen LogP contribution in [0.4, 0.5) is 0 Å². The summed E-state index contributed by atoms with van der Waals surface area (Å²) in [6, 6.07) is 20.9. The van der Waals surface area contributed by atoms with Gasteiger partial charge in [0.2, 0.25) is 0 Å². The van der Waals surface area contributed by atoms with E-state index in [1.165, 1.54) is 11.1 Å². The standard InChI is InChI=1S/C27H32N3O/c1-22-21-27(23(2)20-25(22)26-10-6-7-12-28-26)31-19-18-30-16-14-29(15-17-30)13-11-24-8-4-3-5-9-24/h3-10,20-21H,11,13-19H2,1-2H3. The van der Waals surface area contributed by atoms with Crippen LogP contribution in [0.2, 0.25) is 0 Å². The molecule has 0 N–H and O–H groups in total. The van der Waals surface area contributed by atoms with Crippen molar-refractivity contribution in [3.63, 3.8) is 0 Å². The van der Waals surface area contributed by atoms with Gasteiger partial charge < -0.3 is 9.64 Å². The molecule has 2 heterocycles. The number of hydrogen-bond acceptors (Lipinski definition) is 4. The van der Waals surface area contributed by atoms with Gasteiger partial charge in [0.1, 0.15) is 12.4 Å². The Morgan fingerprint density at radius 1 is 0.871 bits per heavy atom. The number of nitrogens with zero attached hydrogens (tertiary/aromatic N) is 3. The van der Waals surface area contributed by atoms with Crippen LogP contribution in [0.25, 0.3) is 11.3 Å². The molecule has 0 unspecified atom stereocenters. The lowest BCUT2D eigenvalue weighted by Crippen LogP contribution is -2.47. The van der Waals surface area contributed by atoms with Gasteiger partial charge in [-0.2, -0.15) is 0 Å². The molecule has 1 aliphatic heterocycles. The highest BCUT2D eigenvalue weighted by molar-refractivity contribution is 5.66. The van der Waals surface area contributed by atoms with E-state index in [0.717, 1.165) is 74.9 Å². The highest BCUT2D eigenvalue weighted by atomic mass is 16.5. The number of aromatic nitrogens is 1. The van der Waals surface area contributed by atoms with Crippen molar-refractivity contribution < 1.29 is 4.74 Å². The van der Waals surface area contributed by atoms with Crippen LogP contribution in [0.15, 0.2) is 60.7 Å². The lowest BCUT2D eigenvalue weighted by molar-refractivity contribution is 0.117. The van der Waals surface area contributed by atoms with E-state index >= 15 is 0 Å². The molecule has 1 radical (unpaired) electrons. The van der Waals surface area contributed by atoms with E-state index in [1.807, 2.05) is 18.2 Å². The van der Waals surface area contributed by atoms with Crippen molar-refractivity contribution in [1.29, 1.82) is 0 Å². The van der Waals surface area contributed by atoms with E-state index in [9.17, 15) is 0 Å². The quantitative estimate of drug-likeness (QED) is 0.546. The van der Waals surface area contributed by atoms with Crippen molar-refractivity contribution in [2.75, 3.05) is 45.9 Å². The smallest absolute Gasteiger partial charge is 0.122 e. The molecule has 4 rings (SSSR count). The van der Waals surface area contributed by atoms with Crippen LogP contribution in [0, 0.1) is 20.0 Å². The minimum atomic E-state index is 0.723. The predicted octanol–water partition coefficient (Wildman–Crippen LogP) is 4.40. The molecule has 1 fully saturated rings. The summed E-state index contributed by atoms with van der Waals surface area (Å²) in [6.45, 7) is 11.6. The molecule has 2 aromatic carbocycles. The zero-order chi connectivity index (χ0) is 21.5. The molecule has 0 saturated carbocycles. The predicted molar refractivity (Wildman–Crippen MR) is 127 cm³/mol. The second-order valence-corrected chi connectivity index (χ2v) is 8.35. The summed E-state index contributed by atoms with van der Waals surface area (Å²) < 4.78 is 6.16. The third-order valence-electron chi connectivity index (χ3n) is 6.10.